The van der Waals surface area contributed by atoms with E-state index in [1.165, 1.54) is 4.68 Å². The maximum Gasteiger partial charge on any atom is 0.316 e. The van der Waals surface area contributed by atoms with Gasteiger partial charge in [-0.2, -0.15) is 4.98 Å². The molecule has 0 spiro atoms. The third-order valence-corrected chi connectivity index (χ3v) is 4.21. The lowest BCUT2D eigenvalue weighted by Crippen LogP contribution is -2.38. The average Bonchev–Trinajstić information content (AvgIpc) is 2.43. The molecule has 1 aliphatic rings. The molecule has 0 radical (unpaired) electrons. The minimum Gasteiger partial charge on any atom is -0.464 e. The van der Waals surface area contributed by atoms with Crippen LogP contribution in [-0.4, -0.2) is 41.3 Å². The first kappa shape index (κ1) is 10.9. The van der Waals surface area contributed by atoms with Crippen molar-refractivity contribution in [2.45, 2.75) is 13.0 Å². The lowest BCUT2D eigenvalue weighted by Gasteiger charge is -2.26. The van der Waals surface area contributed by atoms with Gasteiger partial charge >= 0.3 is 6.01 Å². The van der Waals surface area contributed by atoms with E-state index >= 15 is 0 Å². The molecule has 6 nitrogen and oxygen atoms in total. The van der Waals surface area contributed by atoms with Crippen LogP contribution in [-0.2, 0) is 9.84 Å². The molecule has 1 fully saturated rings. The fourth-order valence-electron chi connectivity index (χ4n) is 1.43. The van der Waals surface area contributed by atoms with Crippen LogP contribution in [0.2, 0.25) is 0 Å². The SMILES string of the molecule is CCOc1nc(Br)nn1C1CS(=O)(=O)C1. The molecule has 0 amide bonds. The Balaban J connectivity index is 2.21. The standard InChI is InChI=1S/C7H10BrN3O3S/c1-2-14-7-9-6(8)10-11(7)5-3-15(12,13)4-5/h5H,2-4H2,1H3. The summed E-state index contributed by atoms with van der Waals surface area (Å²) in [7, 11) is -2.86. The van der Waals surface area contributed by atoms with Crippen molar-refractivity contribution in [2.24, 2.45) is 0 Å². The molecule has 2 heterocycles. The zero-order valence-corrected chi connectivity index (χ0v) is 10.5. The van der Waals surface area contributed by atoms with E-state index in [2.05, 4.69) is 26.0 Å². The van der Waals surface area contributed by atoms with Crippen LogP contribution in [0, 0.1) is 0 Å². The van der Waals surface area contributed by atoms with E-state index in [1.54, 1.807) is 0 Å². The summed E-state index contributed by atoms with van der Waals surface area (Å²) in [6, 6.07) is 0.222. The summed E-state index contributed by atoms with van der Waals surface area (Å²) in [5.41, 5.74) is 0. The van der Waals surface area contributed by atoms with Crippen molar-refractivity contribution in [2.75, 3.05) is 18.1 Å². The van der Waals surface area contributed by atoms with E-state index in [4.69, 9.17) is 4.74 Å². The molecule has 0 atom stereocenters. The van der Waals surface area contributed by atoms with Crippen LogP contribution in [0.1, 0.15) is 13.0 Å². The second-order valence-electron chi connectivity index (χ2n) is 3.27. The Hall–Kier alpha value is -0.630. The molecule has 0 unspecified atom stereocenters. The Morgan fingerprint density at radius 3 is 2.80 bits per heavy atom. The van der Waals surface area contributed by atoms with Gasteiger partial charge in [-0.15, -0.1) is 5.10 Å². The topological polar surface area (TPSA) is 74.1 Å². The van der Waals surface area contributed by atoms with Crippen LogP contribution >= 0.6 is 15.9 Å². The molecule has 8 heteroatoms. The summed E-state index contributed by atoms with van der Waals surface area (Å²) in [4.78, 5) is 4.00. The Kier molecular flexibility index (Phi) is 2.72. The fourth-order valence-corrected chi connectivity index (χ4v) is 3.11. The van der Waals surface area contributed by atoms with E-state index in [-0.39, 0.29) is 17.5 Å². The number of aromatic nitrogens is 3. The lowest BCUT2D eigenvalue weighted by molar-refractivity contribution is 0.278. The van der Waals surface area contributed by atoms with Gasteiger partial charge in [-0.3, -0.25) is 0 Å². The van der Waals surface area contributed by atoms with Crippen molar-refractivity contribution >= 4 is 25.8 Å². The van der Waals surface area contributed by atoms with Gasteiger partial charge in [0.1, 0.15) is 0 Å². The van der Waals surface area contributed by atoms with Crippen LogP contribution < -0.4 is 4.74 Å². The third-order valence-electron chi connectivity index (χ3n) is 2.09. The summed E-state index contributed by atoms with van der Waals surface area (Å²) in [5.74, 6) is 0.228. The minimum absolute atomic E-state index is 0.114. The van der Waals surface area contributed by atoms with Gasteiger partial charge in [0.15, 0.2) is 9.84 Å². The molecule has 0 aliphatic carbocycles. The molecule has 2 rings (SSSR count). The molecule has 84 valence electrons. The van der Waals surface area contributed by atoms with Gasteiger partial charge in [-0.25, -0.2) is 13.1 Å². The lowest BCUT2D eigenvalue weighted by atomic mass is 10.4. The Labute approximate surface area is 95.7 Å². The fraction of sp³-hybridized carbons (Fsp3) is 0.714. The zero-order chi connectivity index (χ0) is 11.1. The van der Waals surface area contributed by atoms with Crippen molar-refractivity contribution in [3.63, 3.8) is 0 Å². The van der Waals surface area contributed by atoms with Gasteiger partial charge < -0.3 is 4.74 Å². The molecule has 1 aromatic heterocycles. The quantitative estimate of drug-likeness (QED) is 0.807. The van der Waals surface area contributed by atoms with Crippen LogP contribution in [0.3, 0.4) is 0 Å². The first-order valence-corrected chi connectivity index (χ1v) is 7.08. The minimum atomic E-state index is -2.86. The highest BCUT2D eigenvalue weighted by Gasteiger charge is 2.37. The van der Waals surface area contributed by atoms with Crippen LogP contribution in [0.15, 0.2) is 4.73 Å². The van der Waals surface area contributed by atoms with Crippen molar-refractivity contribution in [1.29, 1.82) is 0 Å². The molecule has 0 N–H and O–H groups in total. The monoisotopic (exact) mass is 295 g/mol. The first-order valence-electron chi connectivity index (χ1n) is 4.47. The summed E-state index contributed by atoms with van der Waals surface area (Å²) in [5, 5.41) is 4.05. The van der Waals surface area contributed by atoms with Crippen LogP contribution in [0.5, 0.6) is 6.01 Å². The second kappa shape index (κ2) is 3.75. The molecule has 0 aromatic carbocycles. The number of nitrogens with zero attached hydrogens (tertiary/aromatic N) is 3. The van der Waals surface area contributed by atoms with Crippen molar-refractivity contribution < 1.29 is 13.2 Å². The van der Waals surface area contributed by atoms with Gasteiger partial charge in [-0.05, 0) is 22.9 Å². The van der Waals surface area contributed by atoms with E-state index in [0.29, 0.717) is 17.4 Å². The number of hydrogen-bond donors (Lipinski definition) is 0. The van der Waals surface area contributed by atoms with Crippen LogP contribution in [0.4, 0.5) is 0 Å². The predicted octanol–water partition coefficient (Wildman–Crippen LogP) is 0.409. The van der Waals surface area contributed by atoms with Crippen molar-refractivity contribution in [1.82, 2.24) is 14.8 Å². The summed E-state index contributed by atoms with van der Waals surface area (Å²) >= 11 is 3.13. The maximum atomic E-state index is 11.0. The molecule has 0 bridgehead atoms. The number of rotatable bonds is 3. The number of hydrogen-bond acceptors (Lipinski definition) is 5. The second-order valence-corrected chi connectivity index (χ2v) is 6.13. The normalized spacial score (nSPS) is 19.9. The van der Waals surface area contributed by atoms with Gasteiger partial charge in [-0.1, -0.05) is 0 Å². The molecule has 0 saturated carbocycles. The van der Waals surface area contributed by atoms with Gasteiger partial charge in [0, 0.05) is 0 Å². The van der Waals surface area contributed by atoms with E-state index < -0.39 is 9.84 Å². The van der Waals surface area contributed by atoms with Crippen LogP contribution in [0.25, 0.3) is 0 Å². The molecule has 1 aromatic rings. The maximum absolute atomic E-state index is 11.0. The Morgan fingerprint density at radius 1 is 1.60 bits per heavy atom. The van der Waals surface area contributed by atoms with Gasteiger partial charge in [0.25, 0.3) is 0 Å². The third kappa shape index (κ3) is 2.15. The molecule has 1 saturated heterocycles. The summed E-state index contributed by atoms with van der Waals surface area (Å²) in [6.45, 7) is 2.31. The van der Waals surface area contributed by atoms with E-state index in [1.807, 2.05) is 6.92 Å². The largest absolute Gasteiger partial charge is 0.464 e. The molecule has 1 aliphatic heterocycles. The first-order chi connectivity index (χ1) is 7.02. The smallest absolute Gasteiger partial charge is 0.316 e. The summed E-state index contributed by atoms with van der Waals surface area (Å²) < 4.78 is 29.2. The number of halogens is 1. The number of sulfone groups is 1. The zero-order valence-electron chi connectivity index (χ0n) is 8.05. The molecular weight excluding hydrogens is 286 g/mol. The summed E-state index contributed by atoms with van der Waals surface area (Å²) in [6.07, 6.45) is 0. The van der Waals surface area contributed by atoms with Crippen molar-refractivity contribution in [3.8, 4) is 6.01 Å². The highest BCUT2D eigenvalue weighted by Crippen LogP contribution is 2.27. The predicted molar refractivity (Wildman–Crippen MR) is 56.6 cm³/mol. The van der Waals surface area contributed by atoms with Crippen molar-refractivity contribution in [3.05, 3.63) is 4.73 Å². The Bertz CT molecular complexity index is 458. The van der Waals surface area contributed by atoms with Gasteiger partial charge in [0.2, 0.25) is 4.73 Å². The Morgan fingerprint density at radius 2 is 2.27 bits per heavy atom. The highest BCUT2D eigenvalue weighted by atomic mass is 79.9. The average molecular weight is 296 g/mol. The van der Waals surface area contributed by atoms with Gasteiger partial charge in [0.05, 0.1) is 24.2 Å². The molecular formula is C7H10BrN3O3S. The molecule has 15 heavy (non-hydrogen) atoms. The highest BCUT2D eigenvalue weighted by molar-refractivity contribution is 9.10. The van der Waals surface area contributed by atoms with E-state index in [0.717, 1.165) is 0 Å². The number of ether oxygens (including phenoxy) is 1. The van der Waals surface area contributed by atoms with E-state index in [9.17, 15) is 8.42 Å².